The summed E-state index contributed by atoms with van der Waals surface area (Å²) in [5.41, 5.74) is 20.8. The van der Waals surface area contributed by atoms with Crippen LogP contribution in [0, 0.1) is 17.8 Å². The summed E-state index contributed by atoms with van der Waals surface area (Å²) < 4.78 is 123. The summed E-state index contributed by atoms with van der Waals surface area (Å²) in [5.74, 6) is -1.35. The van der Waals surface area contributed by atoms with Gasteiger partial charge in [-0.15, -0.1) is 0 Å². The zero-order chi connectivity index (χ0) is 105. The van der Waals surface area contributed by atoms with Crippen LogP contribution in [0.5, 0.6) is 0 Å². The number of carbonyl (C=O) groups is 6. The zero-order valence-electron chi connectivity index (χ0n) is 85.9. The molecule has 5 saturated carbocycles. The maximum Gasteiger partial charge on any atom is 1.00 e. The second-order valence-corrected chi connectivity index (χ2v) is 44.2. The summed E-state index contributed by atoms with van der Waals surface area (Å²) >= 11 is 32.3. The van der Waals surface area contributed by atoms with Crippen molar-refractivity contribution >= 4 is 101 Å². The van der Waals surface area contributed by atoms with E-state index in [0.717, 1.165) is 135 Å². The van der Waals surface area contributed by atoms with Crippen molar-refractivity contribution in [1.29, 1.82) is 0 Å². The first-order valence-corrected chi connectivity index (χ1v) is 55.3. The molecule has 5 aromatic carbocycles. The molecule has 5 aliphatic heterocycles. The number of fused-ring (bicyclic) bond motifs is 15. The van der Waals surface area contributed by atoms with Gasteiger partial charge >= 0.3 is 50.3 Å². The monoisotopic (exact) mass is 2170 g/mol. The summed E-state index contributed by atoms with van der Waals surface area (Å²) in [6.45, 7) is 10.2. The molecule has 0 saturated heterocycles. The van der Waals surface area contributed by atoms with Crippen molar-refractivity contribution in [1.82, 2.24) is 47.8 Å². The van der Waals surface area contributed by atoms with E-state index < -0.39 is 47.9 Å². The predicted octanol–water partition coefficient (Wildman–Crippen LogP) is 24.3. The predicted molar refractivity (Wildman–Crippen MR) is 564 cm³/mol. The number of carboxylic acid groups (broad SMARTS) is 1. The Kier molecular flexibility index (Phi) is 42.5. The van der Waals surface area contributed by atoms with Crippen LogP contribution in [0.4, 0.5) is 22.0 Å². The number of amides is 1. The van der Waals surface area contributed by atoms with Gasteiger partial charge in [0.25, 0.3) is 0 Å². The fraction of sp³-hybridized carbons (Fsp3) is 0.523. The number of hydrogen-bond acceptors (Lipinski definition) is 19. The van der Waals surface area contributed by atoms with Gasteiger partial charge in [-0.2, -0.15) is 0 Å². The molecule has 5 atom stereocenters. The number of nitrogens with zero attached hydrogens (tertiary/aromatic N) is 10. The van der Waals surface area contributed by atoms with Crippen LogP contribution in [-0.4, -0.2) is 168 Å². The van der Waals surface area contributed by atoms with Crippen LogP contribution in [-0.2, 0) is 56.6 Å². The molecule has 5 aliphatic carbocycles. The molecule has 149 heavy (non-hydrogen) atoms. The summed E-state index contributed by atoms with van der Waals surface area (Å²) in [6, 6.07) is 29.5. The van der Waals surface area contributed by atoms with Crippen molar-refractivity contribution in [3.63, 3.8) is 0 Å². The number of imidazole rings is 5. The number of aromatic nitrogens is 10. The standard InChI is InChI=1S/C22H26ClFN2O2.C22H24ClFN2O2.C20H23ClFN3O.C20H22ClFN2O2.C18H18ClFN2O.C8H17O5P.CH5N.Li.H2O/c2*1-2-28-20(27)12-15-6-9-22(24,10-7-15)11-8-18-21-16(4-3-5-17(21)23)19-13-25-14-26(18)19;21-15-3-1-2-14-17-11-24-12-25(17)16(19(14)15)6-9-20(22)7-4-13(5-8-20)10-18(23)26;21-15-3-1-2-14-17-11-23-12-24(17)16(19(14)15)6-9-20(22)7-4-13(5-8-20)10-18(25)26;19-14-3-1-2-13-16-10-21-11-22(16)15(17(13)14)6-9-18(20)7-4-12(23)5-8-18;1-4-11-8(9)7-14(10,12-5-2)13-6-3;1-2;;/h3-5,13-15,18H,2,6-12H2,1H3;3-5,12-14,18H,2,6-11H2,1H3;1-3,11-13,16H,4-10H2,(H2,23,26);1-3,11-13,16H,4-10H2,(H,25,26);1-3,10-11,15H,4-9H2;4-7H2,1-3H3;2H2,1H3;;1H2/q;;;;;;;+1;/p-1/t;;13?,16-,20?;;;;;;/m..0....../s1. The number of rotatable bonds is 31. The molecule has 38 heteroatoms. The minimum absolute atomic E-state index is 0. The molecule has 6 N–H and O–H groups in total. The average Bonchev–Trinajstić information content (AvgIpc) is 1.61. The Labute approximate surface area is 905 Å². The van der Waals surface area contributed by atoms with E-state index in [2.05, 4.69) is 70.4 Å². The first-order chi connectivity index (χ1) is 70.6. The molecule has 10 heterocycles. The van der Waals surface area contributed by atoms with Gasteiger partial charge in [-0.1, -0.05) is 124 Å². The largest absolute Gasteiger partial charge is 1.00 e. The third-order valence-corrected chi connectivity index (χ3v) is 34.3. The molecule has 0 radical (unpaired) electrons. The molecule has 800 valence electrons. The number of halogens is 10. The first kappa shape index (κ1) is 118. The van der Waals surface area contributed by atoms with Crippen molar-refractivity contribution < 1.29 is 108 Å². The molecule has 10 aromatic rings. The quantitative estimate of drug-likeness (QED) is 0.00907. The van der Waals surface area contributed by atoms with Gasteiger partial charge in [-0.3, -0.25) is 28.5 Å². The Hall–Kier alpha value is -9.32. The molecule has 5 aromatic heterocycles. The number of hydrogen-bond donors (Lipinski definition) is 3. The van der Waals surface area contributed by atoms with Gasteiger partial charge in [0.15, 0.2) is 0 Å². The minimum Gasteiger partial charge on any atom is -0.870 e. The third-order valence-electron chi connectivity index (χ3n) is 30.7. The number of Topliss-reactive ketones (excluding diaryl/α,β-unsaturated/α-hetero) is 1. The Bertz CT molecular complexity index is 6150. The van der Waals surface area contributed by atoms with E-state index in [-0.39, 0.29) is 128 Å². The van der Waals surface area contributed by atoms with Crippen LogP contribution in [0.1, 0.15) is 305 Å². The van der Waals surface area contributed by atoms with Crippen molar-refractivity contribution in [3.05, 3.63) is 218 Å². The molecular formula is C111H136Cl5F5LiN12O14P. The fourth-order valence-corrected chi connectivity index (χ4v) is 26.2. The van der Waals surface area contributed by atoms with Gasteiger partial charge in [0, 0.05) is 119 Å². The number of allylic oxidation sites excluding steroid dienone is 1. The second-order valence-electron chi connectivity index (χ2n) is 40.1. The number of carboxylic acids is 1. The Morgan fingerprint density at radius 1 is 0.403 bits per heavy atom. The molecule has 20 rings (SSSR count). The number of ketones is 1. The van der Waals surface area contributed by atoms with E-state index in [9.17, 15) is 37.7 Å². The SMILES string of the molecule is CCOC(=O)C=C1CCC(F)(CCC2c3c(Cl)cccc3-c3cncn32)CC1.CCOC(=O)CC1CCC(F)(CCC2c3c(Cl)cccc3-c3cncn32)CC1.CCOC(=O)CP(=O)(OCC)OCC.CN.NC(=O)CC1CCC(F)(CC[C@H]2c3c(Cl)cccc3-c3cncn32)CC1.O=C(O)CC1CCC(F)(CCC2c3c(Cl)cccc3-c3cncn32)CC1.O=C1CCC(F)(CCC2c3c(Cl)cccc3-c3cncn32)CC1.[Li+].[OH-]. The van der Waals surface area contributed by atoms with Crippen LogP contribution in [0.15, 0.2) is 165 Å². The van der Waals surface area contributed by atoms with Gasteiger partial charge in [0.2, 0.25) is 5.91 Å². The smallest absolute Gasteiger partial charge is 0.870 e. The van der Waals surface area contributed by atoms with Crippen LogP contribution in [0.2, 0.25) is 25.1 Å². The Morgan fingerprint density at radius 3 is 0.933 bits per heavy atom. The number of aliphatic carboxylic acids is 1. The molecule has 4 unspecified atom stereocenters. The van der Waals surface area contributed by atoms with Crippen LogP contribution in [0.3, 0.4) is 0 Å². The number of esters is 3. The maximum absolute atomic E-state index is 15.5. The van der Waals surface area contributed by atoms with E-state index in [0.29, 0.717) is 198 Å². The zero-order valence-corrected chi connectivity index (χ0v) is 90.5. The molecule has 26 nitrogen and oxygen atoms in total. The number of primary amides is 1. The number of nitrogens with two attached hydrogens (primary N) is 2. The van der Waals surface area contributed by atoms with E-state index in [1.807, 2.05) is 136 Å². The topological polar surface area (TPSA) is 357 Å². The van der Waals surface area contributed by atoms with Crippen molar-refractivity contribution in [3.8, 4) is 56.3 Å². The van der Waals surface area contributed by atoms with Crippen LogP contribution in [0.25, 0.3) is 56.3 Å². The van der Waals surface area contributed by atoms with Gasteiger partial charge in [0.1, 0.15) is 40.3 Å². The van der Waals surface area contributed by atoms with Gasteiger partial charge in [-0.05, 0) is 270 Å². The molecule has 10 aliphatic rings. The Morgan fingerprint density at radius 2 is 0.664 bits per heavy atom. The minimum atomic E-state index is -3.28. The van der Waals surface area contributed by atoms with Crippen LogP contribution < -0.4 is 30.3 Å². The summed E-state index contributed by atoms with van der Waals surface area (Å²) in [4.78, 5) is 88.9. The average molecular weight is 2170 g/mol. The van der Waals surface area contributed by atoms with Crippen molar-refractivity contribution in [2.45, 2.75) is 305 Å². The maximum atomic E-state index is 15.5. The fourth-order valence-electron chi connectivity index (χ4n) is 23.2. The van der Waals surface area contributed by atoms with E-state index in [4.69, 9.17) is 87.4 Å². The normalized spacial score (nSPS) is 23.2. The Balaban J connectivity index is 0.000000159. The van der Waals surface area contributed by atoms with E-state index in [1.54, 1.807) is 40.3 Å². The van der Waals surface area contributed by atoms with Crippen molar-refractivity contribution in [2.24, 2.45) is 29.2 Å². The van der Waals surface area contributed by atoms with E-state index >= 15 is 17.6 Å². The van der Waals surface area contributed by atoms with Gasteiger partial charge < -0.3 is 68.1 Å². The summed E-state index contributed by atoms with van der Waals surface area (Å²) in [6.07, 6.45) is 36.9. The summed E-state index contributed by atoms with van der Waals surface area (Å²) in [5, 5.41) is 12.6. The number of ether oxygens (including phenoxy) is 3. The van der Waals surface area contributed by atoms with Crippen molar-refractivity contribution in [2.75, 3.05) is 46.2 Å². The van der Waals surface area contributed by atoms with Crippen LogP contribution >= 0.6 is 65.6 Å². The molecule has 5 fully saturated rings. The van der Waals surface area contributed by atoms with E-state index in [1.165, 1.54) is 13.1 Å². The number of benzene rings is 5. The number of carbonyl (C=O) groups excluding carboxylic acids is 5. The van der Waals surface area contributed by atoms with Gasteiger partial charge in [-0.25, -0.2) is 51.7 Å². The summed E-state index contributed by atoms with van der Waals surface area (Å²) in [7, 11) is -1.78. The molecule has 0 spiro atoms. The number of alkyl halides is 5. The molecule has 1 amide bonds. The molecular weight excluding hydrogens is 2040 g/mol. The first-order valence-electron chi connectivity index (χ1n) is 51.7. The third kappa shape index (κ3) is 29.0. The van der Waals surface area contributed by atoms with Gasteiger partial charge in [0.05, 0.1) is 154 Å². The molecule has 0 bridgehead atoms. The second kappa shape index (κ2) is 53.5.